The number of benzene rings is 8. The van der Waals surface area contributed by atoms with Crippen molar-refractivity contribution in [3.8, 4) is 22.5 Å². The van der Waals surface area contributed by atoms with Gasteiger partial charge in [-0.2, -0.15) is 0 Å². The van der Waals surface area contributed by atoms with Gasteiger partial charge < -0.3 is 9.13 Å². The van der Waals surface area contributed by atoms with E-state index in [1.165, 1.54) is 91.4 Å². The number of thiophene rings is 1. The molecule has 2 nitrogen and oxygen atoms in total. The van der Waals surface area contributed by atoms with E-state index in [1.807, 2.05) is 11.3 Å². The van der Waals surface area contributed by atoms with Gasteiger partial charge in [-0.1, -0.05) is 127 Å². The van der Waals surface area contributed by atoms with Gasteiger partial charge in [0.1, 0.15) is 0 Å². The maximum atomic E-state index is 2.49. The second-order valence-corrected chi connectivity index (χ2v) is 13.9. The van der Waals surface area contributed by atoms with Crippen molar-refractivity contribution in [2.75, 3.05) is 0 Å². The van der Waals surface area contributed by atoms with Gasteiger partial charge in [-0.25, -0.2) is 0 Å². The summed E-state index contributed by atoms with van der Waals surface area (Å²) >= 11 is 1.88. The Balaban J connectivity index is 1.22. The molecule has 11 rings (SSSR count). The van der Waals surface area contributed by atoms with E-state index >= 15 is 0 Å². The lowest BCUT2D eigenvalue weighted by atomic mass is 10.0. The number of nitrogens with zero attached hydrogens (tertiary/aromatic N) is 2. The molecular weight excluding hydrogens is 613 g/mol. The Morgan fingerprint density at radius 2 is 1.04 bits per heavy atom. The first-order valence-corrected chi connectivity index (χ1v) is 17.6. The summed E-state index contributed by atoms with van der Waals surface area (Å²) in [5.41, 5.74) is 9.76. The Kier molecular flexibility index (Phi) is 5.57. The first-order valence-electron chi connectivity index (χ1n) is 16.8. The van der Waals surface area contributed by atoms with Gasteiger partial charge in [0.05, 0.1) is 22.1 Å². The van der Waals surface area contributed by atoms with Gasteiger partial charge in [-0.3, -0.25) is 0 Å². The molecule has 0 atom stereocenters. The molecule has 228 valence electrons. The number of fused-ring (bicyclic) bond motifs is 12. The third-order valence-electron chi connectivity index (χ3n) is 10.3. The van der Waals surface area contributed by atoms with Crippen molar-refractivity contribution in [2.24, 2.45) is 0 Å². The number of hydrogen-bond donors (Lipinski definition) is 0. The summed E-state index contributed by atoms with van der Waals surface area (Å²) in [6.07, 6.45) is 0. The Hall–Kier alpha value is -6.16. The zero-order valence-corrected chi connectivity index (χ0v) is 27.3. The van der Waals surface area contributed by atoms with Crippen LogP contribution in [0.25, 0.3) is 97.1 Å². The molecule has 0 fully saturated rings. The zero-order valence-electron chi connectivity index (χ0n) is 26.5. The third kappa shape index (κ3) is 3.76. The van der Waals surface area contributed by atoms with Gasteiger partial charge in [-0.05, 0) is 59.0 Å². The molecule has 0 N–H and O–H groups in total. The largest absolute Gasteiger partial charge is 0.309 e. The lowest BCUT2D eigenvalue weighted by Gasteiger charge is -2.12. The van der Waals surface area contributed by atoms with Crippen molar-refractivity contribution in [1.29, 1.82) is 0 Å². The maximum Gasteiger partial charge on any atom is 0.0641 e. The monoisotopic (exact) mass is 640 g/mol. The molecule has 0 aliphatic heterocycles. The normalized spacial score (nSPS) is 12.1. The van der Waals surface area contributed by atoms with Crippen LogP contribution in [0.1, 0.15) is 0 Å². The van der Waals surface area contributed by atoms with Crippen molar-refractivity contribution < 1.29 is 0 Å². The Labute approximate surface area is 286 Å². The van der Waals surface area contributed by atoms with Crippen LogP contribution in [0.5, 0.6) is 0 Å². The highest BCUT2D eigenvalue weighted by atomic mass is 32.1. The van der Waals surface area contributed by atoms with Crippen LogP contribution in [0.15, 0.2) is 170 Å². The van der Waals surface area contributed by atoms with Gasteiger partial charge in [0, 0.05) is 58.5 Å². The zero-order chi connectivity index (χ0) is 32.1. The first-order chi connectivity index (χ1) is 24.3. The number of para-hydroxylation sites is 2. The quantitative estimate of drug-likeness (QED) is 0.182. The van der Waals surface area contributed by atoms with Gasteiger partial charge in [0.15, 0.2) is 0 Å². The minimum absolute atomic E-state index is 1.16. The molecule has 3 heterocycles. The van der Waals surface area contributed by atoms with Crippen LogP contribution >= 0.6 is 11.3 Å². The molecular formula is C46H28N2S. The van der Waals surface area contributed by atoms with Crippen molar-refractivity contribution in [1.82, 2.24) is 9.13 Å². The van der Waals surface area contributed by atoms with Crippen LogP contribution in [0.4, 0.5) is 0 Å². The summed E-state index contributed by atoms with van der Waals surface area (Å²) in [6, 6.07) is 62.3. The predicted octanol–water partition coefficient (Wildman–Crippen LogP) is 13.1. The molecule has 0 spiro atoms. The summed E-state index contributed by atoms with van der Waals surface area (Å²) in [5, 5.41) is 10.2. The highest BCUT2D eigenvalue weighted by molar-refractivity contribution is 7.26. The summed E-state index contributed by atoms with van der Waals surface area (Å²) in [4.78, 5) is 0. The molecule has 49 heavy (non-hydrogen) atoms. The minimum Gasteiger partial charge on any atom is -0.309 e. The second kappa shape index (κ2) is 10.2. The SMILES string of the molecule is c1ccc(-n2c3ccccc3c3ccc4c(c5ccc6ccccc6c5n4-c4ccc(-c5cccc6c5sc5ccccc56)cc4)c32)cc1. The molecule has 0 saturated carbocycles. The van der Waals surface area contributed by atoms with Crippen LogP contribution in [0, 0.1) is 0 Å². The van der Waals surface area contributed by atoms with Crippen molar-refractivity contribution >= 4 is 85.9 Å². The van der Waals surface area contributed by atoms with E-state index in [1.54, 1.807) is 0 Å². The molecule has 0 bridgehead atoms. The fourth-order valence-corrected chi connectivity index (χ4v) is 9.43. The lowest BCUT2D eigenvalue weighted by molar-refractivity contribution is 1.18. The first kappa shape index (κ1) is 26.9. The van der Waals surface area contributed by atoms with Gasteiger partial charge in [-0.15, -0.1) is 11.3 Å². The predicted molar refractivity (Wildman–Crippen MR) is 211 cm³/mol. The molecule has 0 radical (unpaired) electrons. The van der Waals surface area contributed by atoms with E-state index in [0.29, 0.717) is 0 Å². The lowest BCUT2D eigenvalue weighted by Crippen LogP contribution is -1.95. The average Bonchev–Trinajstić information content (AvgIpc) is 3.83. The summed E-state index contributed by atoms with van der Waals surface area (Å²) in [6.45, 7) is 0. The molecule has 3 aromatic heterocycles. The highest BCUT2D eigenvalue weighted by Crippen LogP contribution is 2.44. The van der Waals surface area contributed by atoms with Gasteiger partial charge in [0.2, 0.25) is 0 Å². The van der Waals surface area contributed by atoms with E-state index in [0.717, 1.165) is 5.69 Å². The average molecular weight is 641 g/mol. The fraction of sp³-hybridized carbons (Fsp3) is 0. The summed E-state index contributed by atoms with van der Waals surface area (Å²) < 4.78 is 7.62. The number of hydrogen-bond acceptors (Lipinski definition) is 1. The van der Waals surface area contributed by atoms with Crippen LogP contribution in [0.3, 0.4) is 0 Å². The third-order valence-corrected chi connectivity index (χ3v) is 11.5. The number of rotatable bonds is 3. The molecule has 3 heteroatoms. The van der Waals surface area contributed by atoms with E-state index in [2.05, 4.69) is 179 Å². The molecule has 0 unspecified atom stereocenters. The molecule has 11 aromatic rings. The van der Waals surface area contributed by atoms with E-state index < -0.39 is 0 Å². The summed E-state index contributed by atoms with van der Waals surface area (Å²) in [5.74, 6) is 0. The van der Waals surface area contributed by atoms with E-state index in [-0.39, 0.29) is 0 Å². The van der Waals surface area contributed by atoms with Crippen molar-refractivity contribution in [3.05, 3.63) is 170 Å². The van der Waals surface area contributed by atoms with Crippen molar-refractivity contribution in [2.45, 2.75) is 0 Å². The maximum absolute atomic E-state index is 2.49. The van der Waals surface area contributed by atoms with E-state index in [4.69, 9.17) is 0 Å². The Morgan fingerprint density at radius 3 is 1.92 bits per heavy atom. The smallest absolute Gasteiger partial charge is 0.0641 e. The minimum atomic E-state index is 1.16. The second-order valence-electron chi connectivity index (χ2n) is 12.9. The molecule has 0 aliphatic carbocycles. The Bertz CT molecular complexity index is 3090. The molecule has 0 aliphatic rings. The Morgan fingerprint density at radius 1 is 0.367 bits per heavy atom. The molecule has 0 saturated heterocycles. The van der Waals surface area contributed by atoms with Crippen LogP contribution < -0.4 is 0 Å². The molecule has 8 aromatic carbocycles. The standard InChI is InChI=1S/C46H28N2S/c1-2-12-31(13-3-1)47-40-19-8-6-15-35(40)37-27-28-41-43(45(37)47)39-26-23-29-11-4-5-14-33(29)44(39)48(41)32-24-21-30(22-25-32)34-17-10-18-38-36-16-7-9-20-42(36)49-46(34)38/h1-28H. The van der Waals surface area contributed by atoms with Crippen LogP contribution in [-0.2, 0) is 0 Å². The van der Waals surface area contributed by atoms with Gasteiger partial charge >= 0.3 is 0 Å². The van der Waals surface area contributed by atoms with E-state index in [9.17, 15) is 0 Å². The van der Waals surface area contributed by atoms with Crippen LogP contribution in [-0.4, -0.2) is 9.13 Å². The van der Waals surface area contributed by atoms with Crippen LogP contribution in [0.2, 0.25) is 0 Å². The van der Waals surface area contributed by atoms with Gasteiger partial charge in [0.25, 0.3) is 0 Å². The fourth-order valence-electron chi connectivity index (χ4n) is 8.20. The highest BCUT2D eigenvalue weighted by Gasteiger charge is 2.22. The molecule has 0 amide bonds. The topological polar surface area (TPSA) is 9.86 Å². The summed E-state index contributed by atoms with van der Waals surface area (Å²) in [7, 11) is 0. The number of aromatic nitrogens is 2. The van der Waals surface area contributed by atoms with Crippen molar-refractivity contribution in [3.63, 3.8) is 0 Å².